The van der Waals surface area contributed by atoms with Crippen LogP contribution in [-0.2, 0) is 9.59 Å². The van der Waals surface area contributed by atoms with Crippen molar-refractivity contribution in [3.8, 4) is 0 Å². The second-order valence-electron chi connectivity index (χ2n) is 3.84. The van der Waals surface area contributed by atoms with Crippen molar-refractivity contribution < 1.29 is 22.9 Å². The summed E-state index contributed by atoms with van der Waals surface area (Å²) in [6.45, 7) is 0. The Kier molecular flexibility index (Phi) is 7.04. The SMILES string of the molecule is N[C@H](CSCC(=O)Nc1ccc([As](O)O)cc1)C(=O)O. The van der Waals surface area contributed by atoms with E-state index in [0.29, 0.717) is 10.0 Å². The van der Waals surface area contributed by atoms with Gasteiger partial charge in [0.15, 0.2) is 0 Å². The molecular weight excluding hydrogens is 347 g/mol. The minimum atomic E-state index is -2.87. The van der Waals surface area contributed by atoms with E-state index in [2.05, 4.69) is 5.32 Å². The molecule has 0 radical (unpaired) electrons. The van der Waals surface area contributed by atoms with Crippen LogP contribution in [0.5, 0.6) is 0 Å². The first-order valence-corrected chi connectivity index (χ1v) is 9.31. The third-order valence-corrected chi connectivity index (χ3v) is 4.89. The van der Waals surface area contributed by atoms with Crippen molar-refractivity contribution >= 4 is 49.0 Å². The number of amides is 1. The second-order valence-corrected chi connectivity index (χ2v) is 7.17. The van der Waals surface area contributed by atoms with Gasteiger partial charge in [-0.15, -0.1) is 0 Å². The van der Waals surface area contributed by atoms with Crippen LogP contribution in [0.3, 0.4) is 0 Å². The van der Waals surface area contributed by atoms with Crippen LogP contribution in [0.25, 0.3) is 0 Å². The van der Waals surface area contributed by atoms with E-state index in [1.807, 2.05) is 0 Å². The van der Waals surface area contributed by atoms with Gasteiger partial charge in [0, 0.05) is 0 Å². The molecule has 0 aliphatic carbocycles. The molecule has 0 heterocycles. The number of hydrogen-bond acceptors (Lipinski definition) is 6. The number of rotatable bonds is 7. The van der Waals surface area contributed by atoms with Gasteiger partial charge in [-0.2, -0.15) is 0 Å². The van der Waals surface area contributed by atoms with E-state index in [1.54, 1.807) is 24.3 Å². The molecule has 0 aliphatic rings. The van der Waals surface area contributed by atoms with E-state index in [1.165, 1.54) is 0 Å². The van der Waals surface area contributed by atoms with Gasteiger partial charge in [0.25, 0.3) is 0 Å². The number of carbonyl (C=O) groups is 2. The number of nitrogens with two attached hydrogens (primary N) is 1. The van der Waals surface area contributed by atoms with Crippen molar-refractivity contribution in [2.45, 2.75) is 6.04 Å². The minimum absolute atomic E-state index is 0.0978. The molecule has 1 amide bonds. The number of carboxylic acid groups (broad SMARTS) is 1. The molecular formula is C11H15AsN2O5S. The van der Waals surface area contributed by atoms with Crippen molar-refractivity contribution in [3.05, 3.63) is 24.3 Å². The molecule has 6 N–H and O–H groups in total. The Labute approximate surface area is 125 Å². The van der Waals surface area contributed by atoms with Crippen LogP contribution in [0, 0.1) is 0 Å². The fourth-order valence-electron chi connectivity index (χ4n) is 1.23. The first-order chi connectivity index (χ1) is 9.40. The summed E-state index contributed by atoms with van der Waals surface area (Å²) in [5.74, 6) is -1.12. The number of aliphatic carboxylic acids is 1. The number of thioether (sulfide) groups is 1. The zero-order chi connectivity index (χ0) is 15.1. The van der Waals surface area contributed by atoms with E-state index < -0.39 is 27.3 Å². The van der Waals surface area contributed by atoms with Crippen molar-refractivity contribution in [1.29, 1.82) is 0 Å². The van der Waals surface area contributed by atoms with E-state index in [0.717, 1.165) is 11.8 Å². The van der Waals surface area contributed by atoms with Crippen LogP contribution in [0.4, 0.5) is 5.69 Å². The Morgan fingerprint density at radius 3 is 2.40 bits per heavy atom. The third kappa shape index (κ3) is 5.94. The molecule has 20 heavy (non-hydrogen) atoms. The van der Waals surface area contributed by atoms with E-state index in [9.17, 15) is 9.59 Å². The Bertz CT molecular complexity index is 468. The van der Waals surface area contributed by atoms with E-state index >= 15 is 0 Å². The number of benzene rings is 1. The predicted molar refractivity (Wildman–Crippen MR) is 77.8 cm³/mol. The average molecular weight is 362 g/mol. The molecule has 1 aromatic rings. The van der Waals surface area contributed by atoms with Crippen LogP contribution in [0.2, 0.25) is 0 Å². The van der Waals surface area contributed by atoms with Crippen LogP contribution >= 0.6 is 11.8 Å². The Balaban J connectivity index is 2.37. The molecule has 0 fully saturated rings. The van der Waals surface area contributed by atoms with Gasteiger partial charge in [-0.3, -0.25) is 0 Å². The third-order valence-electron chi connectivity index (χ3n) is 2.23. The number of anilines is 1. The van der Waals surface area contributed by atoms with Gasteiger partial charge >= 0.3 is 125 Å². The van der Waals surface area contributed by atoms with Crippen LogP contribution in [-0.4, -0.2) is 58.1 Å². The molecule has 7 nitrogen and oxygen atoms in total. The molecule has 0 unspecified atom stereocenters. The fourth-order valence-corrected chi connectivity index (χ4v) is 2.87. The Hall–Kier alpha value is -1.05. The number of carbonyl (C=O) groups excluding carboxylic acids is 1. The first kappa shape index (κ1) is 17.0. The molecule has 1 rings (SSSR count). The monoisotopic (exact) mass is 362 g/mol. The summed E-state index contributed by atoms with van der Waals surface area (Å²) in [5.41, 5.74) is 5.84. The zero-order valence-electron chi connectivity index (χ0n) is 10.4. The molecule has 1 aromatic carbocycles. The molecule has 0 bridgehead atoms. The Morgan fingerprint density at radius 2 is 1.90 bits per heavy atom. The summed E-state index contributed by atoms with van der Waals surface area (Å²) in [6, 6.07) is 5.26. The summed E-state index contributed by atoms with van der Waals surface area (Å²) in [5, 5.41) is 11.2. The molecule has 0 aliphatic heterocycles. The second kappa shape index (κ2) is 8.28. The fraction of sp³-hybridized carbons (Fsp3) is 0.273. The average Bonchev–Trinajstić information content (AvgIpc) is 2.39. The molecule has 0 saturated carbocycles. The summed E-state index contributed by atoms with van der Waals surface area (Å²) in [7, 11) is 0. The summed E-state index contributed by atoms with van der Waals surface area (Å²) >= 11 is -1.74. The maximum atomic E-state index is 11.6. The van der Waals surface area contributed by atoms with Crippen molar-refractivity contribution in [2.24, 2.45) is 5.73 Å². The normalized spacial score (nSPS) is 12.2. The molecule has 0 aromatic heterocycles. The molecule has 1 atom stereocenters. The summed E-state index contributed by atoms with van der Waals surface area (Å²) < 4.78 is 18.6. The van der Waals surface area contributed by atoms with Crippen LogP contribution < -0.4 is 15.4 Å². The molecule has 110 valence electrons. The van der Waals surface area contributed by atoms with Gasteiger partial charge in [-0.05, 0) is 0 Å². The van der Waals surface area contributed by atoms with Crippen molar-refractivity contribution in [2.75, 3.05) is 16.8 Å². The quantitative estimate of drug-likeness (QED) is 0.371. The first-order valence-electron chi connectivity index (χ1n) is 5.54. The Morgan fingerprint density at radius 1 is 1.30 bits per heavy atom. The van der Waals surface area contributed by atoms with E-state index in [4.69, 9.17) is 19.0 Å². The molecule has 0 spiro atoms. The molecule has 0 saturated heterocycles. The van der Waals surface area contributed by atoms with Gasteiger partial charge in [-0.1, -0.05) is 0 Å². The van der Waals surface area contributed by atoms with Gasteiger partial charge in [0.05, 0.1) is 0 Å². The number of carboxylic acids is 1. The van der Waals surface area contributed by atoms with Gasteiger partial charge < -0.3 is 0 Å². The number of hydrogen-bond donors (Lipinski definition) is 5. The predicted octanol–water partition coefficient (Wildman–Crippen LogP) is -1.55. The van der Waals surface area contributed by atoms with Gasteiger partial charge in [0.1, 0.15) is 0 Å². The molecule has 9 heteroatoms. The number of nitrogens with one attached hydrogen (secondary N) is 1. The maximum absolute atomic E-state index is 11.6. The standard InChI is InChI=1S/C11H15AsN2O5S/c13-9(11(16)17)5-20-6-10(15)14-8-3-1-7(2-4-8)12(18)19/h1-4,9,18-19H,5-6,13H2,(H,14,15)(H,16,17)/t9-/m1/s1. The topological polar surface area (TPSA) is 133 Å². The van der Waals surface area contributed by atoms with Crippen LogP contribution in [0.15, 0.2) is 24.3 Å². The summed E-state index contributed by atoms with van der Waals surface area (Å²) in [4.78, 5) is 22.0. The van der Waals surface area contributed by atoms with Crippen molar-refractivity contribution in [3.63, 3.8) is 0 Å². The van der Waals surface area contributed by atoms with Gasteiger partial charge in [-0.25, -0.2) is 0 Å². The van der Waals surface area contributed by atoms with E-state index in [-0.39, 0.29) is 17.4 Å². The summed E-state index contributed by atoms with van der Waals surface area (Å²) in [6.07, 6.45) is 0. The zero-order valence-corrected chi connectivity index (χ0v) is 13.1. The van der Waals surface area contributed by atoms with Crippen LogP contribution in [0.1, 0.15) is 0 Å². The van der Waals surface area contributed by atoms with Crippen molar-refractivity contribution in [1.82, 2.24) is 0 Å². The van der Waals surface area contributed by atoms with Gasteiger partial charge in [0.2, 0.25) is 0 Å².